The molecule has 0 fully saturated rings. The van der Waals surface area contributed by atoms with Crippen molar-refractivity contribution in [2.24, 2.45) is 11.7 Å². The summed E-state index contributed by atoms with van der Waals surface area (Å²) in [6.07, 6.45) is 0.276. The molecule has 0 aliphatic heterocycles. The largest absolute Gasteiger partial charge is 0.618 e. The molecular formula is C26H31FN4O5. The van der Waals surface area contributed by atoms with Gasteiger partial charge in [-0.15, -0.1) is 0 Å². The van der Waals surface area contributed by atoms with Crippen LogP contribution in [0.5, 0.6) is 0 Å². The fourth-order valence-electron chi connectivity index (χ4n) is 4.00. The predicted octanol–water partition coefficient (Wildman–Crippen LogP) is 1.75. The molecule has 1 aromatic heterocycles. The van der Waals surface area contributed by atoms with Crippen molar-refractivity contribution < 1.29 is 28.9 Å². The summed E-state index contributed by atoms with van der Waals surface area (Å²) in [7, 11) is 0. The van der Waals surface area contributed by atoms with Crippen molar-refractivity contribution in [1.29, 1.82) is 0 Å². The average molecular weight is 499 g/mol. The standard InChI is InChI=1S/C26H31FN4O5/c1-26(2,35)11-10-17(24(28)33)14-23(32)20(13-16-6-5-7-18(27)12-16)30-25(34)21-15-31(36)22-9-4-3-8-19(22)29-21/h3-9,12,15,17,20,23,32,35H,10-11,13-14H2,1-2H3,(H2,28,33)(H,30,34). The number of rotatable bonds is 11. The van der Waals surface area contributed by atoms with Gasteiger partial charge in [-0.25, -0.2) is 9.37 Å². The van der Waals surface area contributed by atoms with E-state index >= 15 is 0 Å². The van der Waals surface area contributed by atoms with Gasteiger partial charge in [-0.1, -0.05) is 24.3 Å². The van der Waals surface area contributed by atoms with Gasteiger partial charge in [0, 0.05) is 12.0 Å². The van der Waals surface area contributed by atoms with Gasteiger partial charge in [0.15, 0.2) is 5.69 Å². The molecule has 0 spiro atoms. The minimum Gasteiger partial charge on any atom is -0.618 e. The Hall–Kier alpha value is -3.63. The van der Waals surface area contributed by atoms with E-state index in [1.54, 1.807) is 44.2 Å². The zero-order chi connectivity index (χ0) is 26.5. The molecule has 3 unspecified atom stereocenters. The molecule has 3 atom stereocenters. The quantitative estimate of drug-likeness (QED) is 0.233. The third-order valence-electron chi connectivity index (χ3n) is 5.99. The lowest BCUT2D eigenvalue weighted by Gasteiger charge is -2.28. The summed E-state index contributed by atoms with van der Waals surface area (Å²) in [5.41, 5.74) is 5.48. The van der Waals surface area contributed by atoms with Gasteiger partial charge in [-0.2, -0.15) is 4.73 Å². The number of fused-ring (bicyclic) bond motifs is 1. The number of carbonyl (C=O) groups is 2. The highest BCUT2D eigenvalue weighted by molar-refractivity contribution is 5.93. The van der Waals surface area contributed by atoms with Gasteiger partial charge in [-0.05, 0) is 63.3 Å². The molecule has 2 aromatic carbocycles. The third-order valence-corrected chi connectivity index (χ3v) is 5.99. The van der Waals surface area contributed by atoms with Crippen LogP contribution in [0.4, 0.5) is 4.39 Å². The van der Waals surface area contributed by atoms with Gasteiger partial charge < -0.3 is 26.5 Å². The van der Waals surface area contributed by atoms with E-state index in [2.05, 4.69) is 10.3 Å². The van der Waals surface area contributed by atoms with Gasteiger partial charge in [0.25, 0.3) is 5.91 Å². The number of hydrogen-bond donors (Lipinski definition) is 4. The molecule has 10 heteroatoms. The van der Waals surface area contributed by atoms with Crippen LogP contribution in [0.2, 0.25) is 0 Å². The summed E-state index contributed by atoms with van der Waals surface area (Å²) in [6, 6.07) is 11.3. The number of carbonyl (C=O) groups excluding carboxylic acids is 2. The van der Waals surface area contributed by atoms with Gasteiger partial charge in [0.05, 0.1) is 17.7 Å². The van der Waals surface area contributed by atoms with Crippen molar-refractivity contribution in [3.8, 4) is 0 Å². The predicted molar refractivity (Wildman–Crippen MR) is 131 cm³/mol. The van der Waals surface area contributed by atoms with E-state index in [0.717, 1.165) is 6.20 Å². The highest BCUT2D eigenvalue weighted by Gasteiger charge is 2.30. The topological polar surface area (TPSA) is 152 Å². The van der Waals surface area contributed by atoms with E-state index in [-0.39, 0.29) is 31.4 Å². The lowest BCUT2D eigenvalue weighted by Crippen LogP contribution is -2.47. The molecule has 0 radical (unpaired) electrons. The van der Waals surface area contributed by atoms with Crippen molar-refractivity contribution in [2.45, 2.75) is 57.3 Å². The molecule has 3 aromatic rings. The maximum Gasteiger partial charge on any atom is 0.276 e. The maximum absolute atomic E-state index is 13.8. The lowest BCUT2D eigenvalue weighted by atomic mass is 9.87. The number of aliphatic hydroxyl groups is 2. The van der Waals surface area contributed by atoms with Crippen molar-refractivity contribution >= 4 is 22.8 Å². The number of hydrogen-bond acceptors (Lipinski definition) is 6. The van der Waals surface area contributed by atoms with E-state index in [4.69, 9.17) is 5.73 Å². The minimum atomic E-state index is -1.24. The van der Waals surface area contributed by atoms with Crippen molar-refractivity contribution in [3.05, 3.63) is 77.0 Å². The number of nitrogens with one attached hydrogen (secondary N) is 1. The van der Waals surface area contributed by atoms with Crippen LogP contribution in [-0.2, 0) is 11.2 Å². The third kappa shape index (κ3) is 7.43. The Morgan fingerprint density at radius 2 is 1.94 bits per heavy atom. The monoisotopic (exact) mass is 498 g/mol. The Balaban J connectivity index is 1.84. The van der Waals surface area contributed by atoms with Crippen molar-refractivity contribution in [3.63, 3.8) is 0 Å². The summed E-state index contributed by atoms with van der Waals surface area (Å²) in [5, 5.41) is 36.1. The number of nitrogens with zero attached hydrogens (tertiary/aromatic N) is 2. The van der Waals surface area contributed by atoms with Crippen LogP contribution in [0.25, 0.3) is 11.0 Å². The van der Waals surface area contributed by atoms with Crippen molar-refractivity contribution in [1.82, 2.24) is 10.3 Å². The first-order valence-corrected chi connectivity index (χ1v) is 11.7. The number of primary amides is 1. The number of aliphatic hydroxyl groups excluding tert-OH is 1. The molecule has 0 aliphatic carbocycles. The van der Waals surface area contributed by atoms with E-state index in [1.165, 1.54) is 18.2 Å². The van der Waals surface area contributed by atoms with Crippen LogP contribution in [-0.4, -0.2) is 44.8 Å². The van der Waals surface area contributed by atoms with Gasteiger partial charge >= 0.3 is 0 Å². The van der Waals surface area contributed by atoms with Crippen LogP contribution < -0.4 is 15.8 Å². The Bertz CT molecular complexity index is 1230. The summed E-state index contributed by atoms with van der Waals surface area (Å²) >= 11 is 0. The highest BCUT2D eigenvalue weighted by Crippen LogP contribution is 2.22. The van der Waals surface area contributed by atoms with Crippen molar-refractivity contribution in [2.75, 3.05) is 0 Å². The number of para-hydroxylation sites is 2. The Kier molecular flexibility index (Phi) is 8.54. The van der Waals surface area contributed by atoms with Crippen LogP contribution in [0.15, 0.2) is 54.7 Å². The fourth-order valence-corrected chi connectivity index (χ4v) is 4.00. The normalized spacial score (nSPS) is 14.2. The van der Waals surface area contributed by atoms with Crippen LogP contribution in [0.3, 0.4) is 0 Å². The fraction of sp³-hybridized carbons (Fsp3) is 0.385. The molecule has 0 bridgehead atoms. The van der Waals surface area contributed by atoms with Crippen LogP contribution in [0.1, 0.15) is 49.2 Å². The molecule has 0 aliphatic rings. The minimum absolute atomic E-state index is 0.0482. The van der Waals surface area contributed by atoms with Gasteiger partial charge in [0.1, 0.15) is 11.3 Å². The van der Waals surface area contributed by atoms with E-state index in [0.29, 0.717) is 21.3 Å². The molecule has 192 valence electrons. The Morgan fingerprint density at radius 1 is 1.22 bits per heavy atom. The molecular weight excluding hydrogens is 467 g/mol. The SMILES string of the molecule is CC(C)(O)CCC(CC(O)C(Cc1cccc(F)c1)NC(=O)c1c[n+]([O-])c2ccccc2n1)C(N)=O. The summed E-state index contributed by atoms with van der Waals surface area (Å²) in [6.45, 7) is 3.21. The highest BCUT2D eigenvalue weighted by atomic mass is 19.1. The van der Waals surface area contributed by atoms with Crippen LogP contribution in [0, 0.1) is 16.9 Å². The number of nitrogens with two attached hydrogens (primary N) is 1. The second-order valence-electron chi connectivity index (χ2n) is 9.61. The maximum atomic E-state index is 13.8. The number of benzene rings is 2. The van der Waals surface area contributed by atoms with E-state index < -0.39 is 41.3 Å². The average Bonchev–Trinajstić information content (AvgIpc) is 2.80. The molecule has 2 amide bonds. The molecule has 9 nitrogen and oxygen atoms in total. The first-order valence-electron chi connectivity index (χ1n) is 11.7. The zero-order valence-corrected chi connectivity index (χ0v) is 20.2. The smallest absolute Gasteiger partial charge is 0.276 e. The molecule has 5 N–H and O–H groups in total. The van der Waals surface area contributed by atoms with E-state index in [9.17, 15) is 29.4 Å². The summed E-state index contributed by atoms with van der Waals surface area (Å²) in [4.78, 5) is 29.3. The molecule has 3 rings (SSSR count). The first kappa shape index (κ1) is 27.0. The zero-order valence-electron chi connectivity index (χ0n) is 20.2. The second kappa shape index (κ2) is 11.4. The molecule has 36 heavy (non-hydrogen) atoms. The molecule has 0 saturated carbocycles. The first-order chi connectivity index (χ1) is 16.9. The number of amides is 2. The van der Waals surface area contributed by atoms with E-state index in [1.807, 2.05) is 0 Å². The number of aromatic nitrogens is 2. The van der Waals surface area contributed by atoms with Gasteiger partial charge in [0.2, 0.25) is 17.6 Å². The molecule has 1 heterocycles. The number of halogens is 1. The summed E-state index contributed by atoms with van der Waals surface area (Å²) in [5.74, 6) is -2.59. The lowest BCUT2D eigenvalue weighted by molar-refractivity contribution is -0.577. The summed E-state index contributed by atoms with van der Waals surface area (Å²) < 4.78 is 14.3. The van der Waals surface area contributed by atoms with Gasteiger partial charge in [-0.3, -0.25) is 9.59 Å². The Morgan fingerprint density at radius 3 is 2.61 bits per heavy atom. The van der Waals surface area contributed by atoms with Crippen LogP contribution >= 0.6 is 0 Å². The molecule has 0 saturated heterocycles. The second-order valence-corrected chi connectivity index (χ2v) is 9.61. The Labute approximate surface area is 208 Å².